The molecule has 1 unspecified atom stereocenters. The van der Waals surface area contributed by atoms with Crippen LogP contribution in [0.1, 0.15) is 11.6 Å². The molecule has 4 nitrogen and oxygen atoms in total. The number of halogens is 1. The van der Waals surface area contributed by atoms with Gasteiger partial charge < -0.3 is 15.5 Å². The second kappa shape index (κ2) is 5.39. The third-order valence-corrected chi connectivity index (χ3v) is 2.65. The molecule has 2 aromatic rings. The van der Waals surface area contributed by atoms with Gasteiger partial charge in [-0.3, -0.25) is 0 Å². The summed E-state index contributed by atoms with van der Waals surface area (Å²) in [5.41, 5.74) is 0.705. The van der Waals surface area contributed by atoms with E-state index in [1.54, 1.807) is 12.1 Å². The van der Waals surface area contributed by atoms with Crippen molar-refractivity contribution in [1.29, 1.82) is 0 Å². The monoisotopic (exact) mass is 261 g/mol. The number of benzene rings is 2. The molecule has 3 N–H and O–H groups in total. The molecular weight excluding hydrogens is 249 g/mol. The van der Waals surface area contributed by atoms with Crippen LogP contribution in [0, 0.1) is 5.82 Å². The first kappa shape index (κ1) is 12.9. The fourth-order valence-electron chi connectivity index (χ4n) is 1.72. The summed E-state index contributed by atoms with van der Waals surface area (Å²) in [5.74, 6) is -1.64. The van der Waals surface area contributed by atoms with Crippen LogP contribution in [-0.4, -0.2) is 16.2 Å². The van der Waals surface area contributed by atoms with Crippen LogP contribution in [0.2, 0.25) is 0 Å². The van der Waals surface area contributed by atoms with Crippen LogP contribution in [0.5, 0.6) is 5.75 Å². The molecule has 1 atom stereocenters. The predicted octanol–water partition coefficient (Wildman–Crippen LogP) is 2.77. The second-order valence-electron chi connectivity index (χ2n) is 3.98. The first-order valence-electron chi connectivity index (χ1n) is 5.61. The molecular formula is C14H12FNO3. The Hall–Kier alpha value is -2.56. The van der Waals surface area contributed by atoms with Gasteiger partial charge in [0.05, 0.1) is 0 Å². The van der Waals surface area contributed by atoms with Crippen molar-refractivity contribution in [2.75, 3.05) is 5.32 Å². The Bertz CT molecular complexity index is 583. The molecule has 0 radical (unpaired) electrons. The molecule has 0 spiro atoms. The Labute approximate surface area is 109 Å². The molecule has 19 heavy (non-hydrogen) atoms. The van der Waals surface area contributed by atoms with Crippen molar-refractivity contribution < 1.29 is 19.4 Å². The maximum absolute atomic E-state index is 12.8. The molecule has 5 heteroatoms. The summed E-state index contributed by atoms with van der Waals surface area (Å²) in [6, 6.07) is 10.4. The van der Waals surface area contributed by atoms with E-state index in [0.717, 1.165) is 0 Å². The Morgan fingerprint density at radius 3 is 2.32 bits per heavy atom. The molecule has 0 saturated heterocycles. The largest absolute Gasteiger partial charge is 0.508 e. The Balaban J connectivity index is 2.29. The van der Waals surface area contributed by atoms with Crippen molar-refractivity contribution >= 4 is 11.7 Å². The lowest BCUT2D eigenvalue weighted by Crippen LogP contribution is -2.20. The SMILES string of the molecule is O=C(O)C(Nc1ccc(F)cc1)c1ccccc1O. The van der Waals surface area contributed by atoms with Crippen molar-refractivity contribution in [3.63, 3.8) is 0 Å². The van der Waals surface area contributed by atoms with Gasteiger partial charge in [-0.15, -0.1) is 0 Å². The van der Waals surface area contributed by atoms with Crippen LogP contribution in [-0.2, 0) is 4.79 Å². The summed E-state index contributed by atoms with van der Waals surface area (Å²) in [6.07, 6.45) is 0. The lowest BCUT2D eigenvalue weighted by atomic mass is 10.1. The van der Waals surface area contributed by atoms with Gasteiger partial charge in [-0.1, -0.05) is 18.2 Å². The summed E-state index contributed by atoms with van der Waals surface area (Å²) in [5, 5.41) is 21.6. The van der Waals surface area contributed by atoms with Gasteiger partial charge in [-0.05, 0) is 30.3 Å². The van der Waals surface area contributed by atoms with Gasteiger partial charge in [0.1, 0.15) is 11.6 Å². The highest BCUT2D eigenvalue weighted by molar-refractivity contribution is 5.80. The summed E-state index contributed by atoms with van der Waals surface area (Å²) >= 11 is 0. The normalized spacial score (nSPS) is 11.8. The van der Waals surface area contributed by atoms with Gasteiger partial charge in [0, 0.05) is 11.3 Å². The minimum atomic E-state index is -1.13. The van der Waals surface area contributed by atoms with Gasteiger partial charge in [0.25, 0.3) is 0 Å². The Kier molecular flexibility index (Phi) is 3.66. The highest BCUT2D eigenvalue weighted by atomic mass is 19.1. The number of carbonyl (C=O) groups is 1. The third kappa shape index (κ3) is 3.01. The number of para-hydroxylation sites is 1. The fraction of sp³-hybridized carbons (Fsp3) is 0.0714. The second-order valence-corrected chi connectivity index (χ2v) is 3.98. The van der Waals surface area contributed by atoms with Crippen molar-refractivity contribution in [3.05, 3.63) is 59.9 Å². The van der Waals surface area contributed by atoms with E-state index in [0.29, 0.717) is 5.69 Å². The zero-order valence-electron chi connectivity index (χ0n) is 9.88. The number of aromatic hydroxyl groups is 1. The molecule has 0 aliphatic rings. The van der Waals surface area contributed by atoms with Gasteiger partial charge in [-0.25, -0.2) is 9.18 Å². The number of nitrogens with one attached hydrogen (secondary N) is 1. The fourth-order valence-corrected chi connectivity index (χ4v) is 1.72. The van der Waals surface area contributed by atoms with E-state index in [1.807, 2.05) is 0 Å². The zero-order valence-corrected chi connectivity index (χ0v) is 9.88. The number of phenolic OH excluding ortho intramolecular Hbond substituents is 1. The minimum absolute atomic E-state index is 0.107. The molecule has 0 aliphatic carbocycles. The van der Waals surface area contributed by atoms with Crippen molar-refractivity contribution in [1.82, 2.24) is 0 Å². The van der Waals surface area contributed by atoms with E-state index in [4.69, 9.17) is 0 Å². The van der Waals surface area contributed by atoms with Crippen LogP contribution < -0.4 is 5.32 Å². The topological polar surface area (TPSA) is 69.6 Å². The predicted molar refractivity (Wildman–Crippen MR) is 68.5 cm³/mol. The smallest absolute Gasteiger partial charge is 0.330 e. The number of aliphatic carboxylic acids is 1. The first-order valence-corrected chi connectivity index (χ1v) is 5.61. The standard InChI is InChI=1S/C14H12FNO3/c15-9-5-7-10(8-6-9)16-13(14(18)19)11-3-1-2-4-12(11)17/h1-8,13,16-17H,(H,18,19). The number of carboxylic acid groups (broad SMARTS) is 1. The molecule has 2 rings (SSSR count). The first-order chi connectivity index (χ1) is 9.08. The highest BCUT2D eigenvalue weighted by Crippen LogP contribution is 2.27. The summed E-state index contributed by atoms with van der Waals surface area (Å²) < 4.78 is 12.8. The number of carboxylic acids is 1. The molecule has 0 aliphatic heterocycles. The van der Waals surface area contributed by atoms with E-state index in [2.05, 4.69) is 5.32 Å². The van der Waals surface area contributed by atoms with E-state index in [-0.39, 0.29) is 11.3 Å². The Morgan fingerprint density at radius 1 is 1.11 bits per heavy atom. The van der Waals surface area contributed by atoms with Gasteiger partial charge in [0.2, 0.25) is 0 Å². The lowest BCUT2D eigenvalue weighted by molar-refractivity contribution is -0.138. The van der Waals surface area contributed by atoms with E-state index in [1.165, 1.54) is 36.4 Å². The van der Waals surface area contributed by atoms with E-state index >= 15 is 0 Å². The molecule has 0 aromatic heterocycles. The zero-order chi connectivity index (χ0) is 13.8. The maximum atomic E-state index is 12.8. The lowest BCUT2D eigenvalue weighted by Gasteiger charge is -2.17. The van der Waals surface area contributed by atoms with Crippen LogP contribution in [0.3, 0.4) is 0 Å². The highest BCUT2D eigenvalue weighted by Gasteiger charge is 2.22. The molecule has 0 saturated carbocycles. The van der Waals surface area contributed by atoms with Gasteiger partial charge >= 0.3 is 5.97 Å². The number of hydrogen-bond acceptors (Lipinski definition) is 3. The molecule has 98 valence electrons. The van der Waals surface area contributed by atoms with Crippen LogP contribution in [0.25, 0.3) is 0 Å². The van der Waals surface area contributed by atoms with Crippen LogP contribution in [0.4, 0.5) is 10.1 Å². The van der Waals surface area contributed by atoms with Crippen molar-refractivity contribution in [2.45, 2.75) is 6.04 Å². The molecule has 2 aromatic carbocycles. The average Bonchev–Trinajstić information content (AvgIpc) is 2.39. The number of rotatable bonds is 4. The van der Waals surface area contributed by atoms with Gasteiger partial charge in [0.15, 0.2) is 6.04 Å². The maximum Gasteiger partial charge on any atom is 0.330 e. The molecule has 0 bridgehead atoms. The number of anilines is 1. The summed E-state index contributed by atoms with van der Waals surface area (Å²) in [6.45, 7) is 0. The third-order valence-electron chi connectivity index (χ3n) is 2.65. The van der Waals surface area contributed by atoms with Crippen molar-refractivity contribution in [2.24, 2.45) is 0 Å². The molecule has 0 heterocycles. The Morgan fingerprint density at radius 2 is 1.74 bits per heavy atom. The summed E-state index contributed by atoms with van der Waals surface area (Å²) in [7, 11) is 0. The van der Waals surface area contributed by atoms with Crippen molar-refractivity contribution in [3.8, 4) is 5.75 Å². The number of phenols is 1. The van der Waals surface area contributed by atoms with E-state index in [9.17, 15) is 19.4 Å². The number of hydrogen-bond donors (Lipinski definition) is 3. The summed E-state index contributed by atoms with van der Waals surface area (Å²) in [4.78, 5) is 11.3. The van der Waals surface area contributed by atoms with Crippen LogP contribution in [0.15, 0.2) is 48.5 Å². The average molecular weight is 261 g/mol. The van der Waals surface area contributed by atoms with Crippen LogP contribution >= 0.6 is 0 Å². The minimum Gasteiger partial charge on any atom is -0.508 e. The van der Waals surface area contributed by atoms with E-state index < -0.39 is 17.8 Å². The quantitative estimate of drug-likeness (QED) is 0.791. The molecule has 0 amide bonds. The molecule has 0 fully saturated rings. The van der Waals surface area contributed by atoms with Gasteiger partial charge in [-0.2, -0.15) is 0 Å².